The number of hydrogen-bond donors (Lipinski definition) is 1. The van der Waals surface area contributed by atoms with E-state index in [9.17, 15) is 9.50 Å². The Labute approximate surface area is 83.3 Å². The number of halogens is 1. The van der Waals surface area contributed by atoms with E-state index in [2.05, 4.69) is 0 Å². The van der Waals surface area contributed by atoms with Crippen LogP contribution in [0.2, 0.25) is 0 Å². The summed E-state index contributed by atoms with van der Waals surface area (Å²) in [6, 6.07) is 4.70. The maximum Gasteiger partial charge on any atom is 0.126 e. The van der Waals surface area contributed by atoms with Crippen molar-refractivity contribution in [1.82, 2.24) is 0 Å². The van der Waals surface area contributed by atoms with Crippen molar-refractivity contribution in [2.24, 2.45) is 0 Å². The van der Waals surface area contributed by atoms with Crippen LogP contribution in [-0.4, -0.2) is 18.8 Å². The van der Waals surface area contributed by atoms with Gasteiger partial charge < -0.3 is 9.84 Å². The first-order valence-electron chi connectivity index (χ1n) is 4.45. The van der Waals surface area contributed by atoms with Crippen LogP contribution in [0.4, 0.5) is 4.39 Å². The van der Waals surface area contributed by atoms with E-state index in [1.54, 1.807) is 26.0 Å². The zero-order valence-electron chi connectivity index (χ0n) is 8.67. The third kappa shape index (κ3) is 2.30. The highest BCUT2D eigenvalue weighted by Crippen LogP contribution is 2.22. The molecule has 1 unspecified atom stereocenters. The first-order valence-corrected chi connectivity index (χ1v) is 4.45. The zero-order chi connectivity index (χ0) is 10.8. The highest BCUT2D eigenvalue weighted by atomic mass is 19.1. The average molecular weight is 198 g/mol. The van der Waals surface area contributed by atoms with Crippen LogP contribution in [0.25, 0.3) is 0 Å². The quantitative estimate of drug-likeness (QED) is 0.804. The van der Waals surface area contributed by atoms with Gasteiger partial charge in [-0.3, -0.25) is 0 Å². The van der Waals surface area contributed by atoms with Crippen molar-refractivity contribution in [2.75, 3.05) is 13.7 Å². The summed E-state index contributed by atoms with van der Waals surface area (Å²) in [6.07, 6.45) is 0. The lowest BCUT2D eigenvalue weighted by Crippen LogP contribution is -2.27. The summed E-state index contributed by atoms with van der Waals surface area (Å²) in [4.78, 5) is 0. The molecule has 0 amide bonds. The molecule has 0 heterocycles. The van der Waals surface area contributed by atoms with Gasteiger partial charge in [0.25, 0.3) is 0 Å². The summed E-state index contributed by atoms with van der Waals surface area (Å²) in [5, 5.41) is 9.91. The molecular formula is C11H15FO2. The number of aryl methyl sites for hydroxylation is 1. The van der Waals surface area contributed by atoms with Crippen LogP contribution in [-0.2, 0) is 10.3 Å². The first-order chi connectivity index (χ1) is 6.47. The minimum absolute atomic E-state index is 0.148. The Morgan fingerprint density at radius 3 is 2.64 bits per heavy atom. The molecule has 0 bridgehead atoms. The summed E-state index contributed by atoms with van der Waals surface area (Å²) in [5.41, 5.74) is -0.0343. The highest BCUT2D eigenvalue weighted by Gasteiger charge is 2.23. The maximum absolute atomic E-state index is 13.2. The Bertz CT molecular complexity index is 321. The molecule has 0 spiro atoms. The van der Waals surface area contributed by atoms with Crippen LogP contribution in [0, 0.1) is 12.7 Å². The lowest BCUT2D eigenvalue weighted by Gasteiger charge is -2.22. The number of hydrogen-bond acceptors (Lipinski definition) is 2. The fraction of sp³-hybridized carbons (Fsp3) is 0.455. The van der Waals surface area contributed by atoms with Gasteiger partial charge in [0, 0.05) is 7.11 Å². The monoisotopic (exact) mass is 198 g/mol. The molecule has 0 radical (unpaired) electrons. The fourth-order valence-corrected chi connectivity index (χ4v) is 1.29. The minimum atomic E-state index is -1.14. The number of benzene rings is 1. The van der Waals surface area contributed by atoms with Crippen molar-refractivity contribution >= 4 is 0 Å². The van der Waals surface area contributed by atoms with E-state index >= 15 is 0 Å². The summed E-state index contributed by atoms with van der Waals surface area (Å²) < 4.78 is 18.1. The maximum atomic E-state index is 13.2. The standard InChI is InChI=1S/C11H15FO2/c1-8-4-5-9(6-10(8)12)11(2,13)7-14-3/h4-6,13H,7H2,1-3H3. The summed E-state index contributed by atoms with van der Waals surface area (Å²) in [7, 11) is 1.50. The van der Waals surface area contributed by atoms with Gasteiger partial charge >= 0.3 is 0 Å². The van der Waals surface area contributed by atoms with Crippen molar-refractivity contribution < 1.29 is 14.2 Å². The predicted octanol–water partition coefficient (Wildman–Crippen LogP) is 1.99. The van der Waals surface area contributed by atoms with Crippen molar-refractivity contribution in [3.8, 4) is 0 Å². The normalized spacial score (nSPS) is 15.2. The molecule has 1 atom stereocenters. The van der Waals surface area contributed by atoms with Crippen molar-refractivity contribution in [2.45, 2.75) is 19.4 Å². The number of aliphatic hydroxyl groups is 1. The Morgan fingerprint density at radius 1 is 1.50 bits per heavy atom. The molecule has 3 heteroatoms. The Hall–Kier alpha value is -0.930. The van der Waals surface area contributed by atoms with Crippen LogP contribution in [0.3, 0.4) is 0 Å². The molecule has 78 valence electrons. The molecule has 0 aliphatic heterocycles. The number of rotatable bonds is 3. The van der Waals surface area contributed by atoms with Gasteiger partial charge in [-0.05, 0) is 31.0 Å². The van der Waals surface area contributed by atoms with E-state index < -0.39 is 5.60 Å². The molecule has 0 fully saturated rings. The largest absolute Gasteiger partial charge is 0.383 e. The SMILES string of the molecule is COCC(C)(O)c1ccc(C)c(F)c1. The van der Waals surface area contributed by atoms with E-state index in [1.165, 1.54) is 13.2 Å². The molecular weight excluding hydrogens is 183 g/mol. The zero-order valence-corrected chi connectivity index (χ0v) is 8.67. The second kappa shape index (κ2) is 4.07. The molecule has 0 aromatic heterocycles. The Balaban J connectivity index is 3.01. The number of ether oxygens (including phenoxy) is 1. The molecule has 1 N–H and O–H groups in total. The molecule has 1 aromatic carbocycles. The number of methoxy groups -OCH3 is 1. The second-order valence-corrected chi connectivity index (χ2v) is 3.67. The van der Waals surface area contributed by atoms with E-state index in [-0.39, 0.29) is 12.4 Å². The smallest absolute Gasteiger partial charge is 0.126 e. The Kier molecular flexibility index (Phi) is 3.24. The van der Waals surface area contributed by atoms with Gasteiger partial charge in [-0.1, -0.05) is 12.1 Å². The summed E-state index contributed by atoms with van der Waals surface area (Å²) in [5.74, 6) is -0.307. The van der Waals surface area contributed by atoms with E-state index in [4.69, 9.17) is 4.74 Å². The van der Waals surface area contributed by atoms with Crippen molar-refractivity contribution in [1.29, 1.82) is 0 Å². The van der Waals surface area contributed by atoms with Gasteiger partial charge in [0.1, 0.15) is 11.4 Å². The van der Waals surface area contributed by atoms with Gasteiger partial charge in [0.15, 0.2) is 0 Å². The topological polar surface area (TPSA) is 29.5 Å². The van der Waals surface area contributed by atoms with E-state index in [0.717, 1.165) is 0 Å². The van der Waals surface area contributed by atoms with Gasteiger partial charge in [0.05, 0.1) is 6.61 Å². The van der Waals surface area contributed by atoms with Crippen molar-refractivity contribution in [3.05, 3.63) is 35.1 Å². The fourth-order valence-electron chi connectivity index (χ4n) is 1.29. The third-order valence-electron chi connectivity index (χ3n) is 2.22. The van der Waals surface area contributed by atoms with E-state index in [1.807, 2.05) is 0 Å². The van der Waals surface area contributed by atoms with E-state index in [0.29, 0.717) is 11.1 Å². The van der Waals surface area contributed by atoms with Crippen molar-refractivity contribution in [3.63, 3.8) is 0 Å². The van der Waals surface area contributed by atoms with Crippen LogP contribution in [0.1, 0.15) is 18.1 Å². The molecule has 14 heavy (non-hydrogen) atoms. The first kappa shape index (κ1) is 11.1. The molecule has 0 aliphatic rings. The molecule has 0 saturated carbocycles. The van der Waals surface area contributed by atoms with Gasteiger partial charge in [0.2, 0.25) is 0 Å². The summed E-state index contributed by atoms with van der Waals surface area (Å²) >= 11 is 0. The van der Waals surface area contributed by atoms with Gasteiger partial charge in [-0.2, -0.15) is 0 Å². The van der Waals surface area contributed by atoms with Gasteiger partial charge in [-0.15, -0.1) is 0 Å². The highest BCUT2D eigenvalue weighted by molar-refractivity contribution is 5.27. The van der Waals surface area contributed by atoms with Crippen LogP contribution >= 0.6 is 0 Å². The molecule has 0 saturated heterocycles. The second-order valence-electron chi connectivity index (χ2n) is 3.67. The third-order valence-corrected chi connectivity index (χ3v) is 2.22. The molecule has 2 nitrogen and oxygen atoms in total. The van der Waals surface area contributed by atoms with Gasteiger partial charge in [-0.25, -0.2) is 4.39 Å². The van der Waals surface area contributed by atoms with Crippen LogP contribution < -0.4 is 0 Å². The van der Waals surface area contributed by atoms with Crippen LogP contribution in [0.15, 0.2) is 18.2 Å². The molecule has 0 aliphatic carbocycles. The predicted molar refractivity (Wildman–Crippen MR) is 52.6 cm³/mol. The minimum Gasteiger partial charge on any atom is -0.383 e. The van der Waals surface area contributed by atoms with Crippen LogP contribution in [0.5, 0.6) is 0 Å². The molecule has 1 rings (SSSR count). The summed E-state index contributed by atoms with van der Waals surface area (Å²) in [6.45, 7) is 3.43. The lowest BCUT2D eigenvalue weighted by molar-refractivity contribution is -0.0210. The Morgan fingerprint density at radius 2 is 2.14 bits per heavy atom. The molecule has 1 aromatic rings. The lowest BCUT2D eigenvalue weighted by atomic mass is 9.96. The average Bonchev–Trinajstić information content (AvgIpc) is 2.09.